The number of hydrogen-bond donors (Lipinski definition) is 2. The Morgan fingerprint density at radius 2 is 1.40 bits per heavy atom. The molecule has 0 radical (unpaired) electrons. The number of ether oxygens (including phenoxy) is 2. The Balaban J connectivity index is 5.01. The highest BCUT2D eigenvalue weighted by Gasteiger charge is 2.33. The lowest BCUT2D eigenvalue weighted by Crippen LogP contribution is -2.42. The zero-order chi connectivity index (χ0) is 12.3. The second-order valence-corrected chi connectivity index (χ2v) is 5.22. The topological polar surface area (TPSA) is 130 Å². The van der Waals surface area contributed by atoms with Crippen LogP contribution in [0.15, 0.2) is 0 Å². The molecule has 0 saturated carbocycles. The first kappa shape index (κ1) is 14.7. The minimum atomic E-state index is -5.10. The molecule has 0 unspecified atom stereocenters. The highest BCUT2D eigenvalue weighted by Crippen LogP contribution is 2.07. The Morgan fingerprint density at radius 1 is 1.07 bits per heavy atom. The third kappa shape index (κ3) is 4.83. The molecule has 0 aromatic carbocycles. The minimum Gasteiger partial charge on any atom is -0.354 e. The van der Waals surface area contributed by atoms with Gasteiger partial charge in [0.2, 0.25) is 0 Å². The standard InChI is InChI=1S/C4H11NO8S2/c1-12-4(13-2)3-5(14(6,7)8)15(9,10)11/h4H,3H2,1-2H3,(H,6,7,8)(H,9,10,11). The van der Waals surface area contributed by atoms with Crippen LogP contribution in [0.1, 0.15) is 0 Å². The van der Waals surface area contributed by atoms with Gasteiger partial charge in [-0.1, -0.05) is 0 Å². The van der Waals surface area contributed by atoms with Crippen LogP contribution in [0.3, 0.4) is 0 Å². The Bertz CT molecular complexity index is 349. The summed E-state index contributed by atoms with van der Waals surface area (Å²) in [4.78, 5) is 0. The monoisotopic (exact) mass is 265 g/mol. The van der Waals surface area contributed by atoms with Gasteiger partial charge in [0.25, 0.3) is 0 Å². The summed E-state index contributed by atoms with van der Waals surface area (Å²) in [7, 11) is -7.95. The van der Waals surface area contributed by atoms with E-state index in [9.17, 15) is 16.8 Å². The van der Waals surface area contributed by atoms with Crippen molar-refractivity contribution in [3.8, 4) is 0 Å². The maximum absolute atomic E-state index is 10.6. The molecule has 0 fully saturated rings. The van der Waals surface area contributed by atoms with Gasteiger partial charge >= 0.3 is 20.6 Å². The second-order valence-electron chi connectivity index (χ2n) is 2.31. The minimum absolute atomic E-state index is 0.558. The van der Waals surface area contributed by atoms with Crippen LogP contribution in [-0.4, -0.2) is 56.7 Å². The zero-order valence-electron chi connectivity index (χ0n) is 7.89. The van der Waals surface area contributed by atoms with Gasteiger partial charge in [-0.15, -0.1) is 0 Å². The molecular weight excluding hydrogens is 254 g/mol. The van der Waals surface area contributed by atoms with Gasteiger partial charge < -0.3 is 9.47 Å². The van der Waals surface area contributed by atoms with E-state index in [1.807, 2.05) is 0 Å². The average Bonchev–Trinajstić information content (AvgIpc) is 2.01. The van der Waals surface area contributed by atoms with Crippen molar-refractivity contribution in [2.24, 2.45) is 0 Å². The lowest BCUT2D eigenvalue weighted by Gasteiger charge is -2.19. The molecule has 0 amide bonds. The van der Waals surface area contributed by atoms with E-state index < -0.39 is 37.2 Å². The van der Waals surface area contributed by atoms with Crippen LogP contribution in [0.2, 0.25) is 0 Å². The van der Waals surface area contributed by atoms with Crippen LogP contribution in [0.4, 0.5) is 0 Å². The van der Waals surface area contributed by atoms with Gasteiger partial charge in [-0.05, 0) is 3.71 Å². The largest absolute Gasteiger partial charge is 0.354 e. The Kier molecular flexibility index (Phi) is 5.05. The molecular formula is C4H11NO8S2. The van der Waals surface area contributed by atoms with E-state index >= 15 is 0 Å². The lowest BCUT2D eigenvalue weighted by atomic mass is 10.6. The zero-order valence-corrected chi connectivity index (χ0v) is 9.53. The molecule has 11 heteroatoms. The van der Waals surface area contributed by atoms with Crippen molar-refractivity contribution < 1.29 is 35.4 Å². The summed E-state index contributed by atoms with van der Waals surface area (Å²) in [6.45, 7) is -0.898. The summed E-state index contributed by atoms with van der Waals surface area (Å²) in [5.41, 5.74) is 0. The lowest BCUT2D eigenvalue weighted by molar-refractivity contribution is -0.103. The molecule has 0 aromatic rings. The molecule has 0 aliphatic heterocycles. The van der Waals surface area contributed by atoms with Crippen molar-refractivity contribution in [3.63, 3.8) is 0 Å². The molecule has 9 nitrogen and oxygen atoms in total. The maximum atomic E-state index is 10.6. The SMILES string of the molecule is COC(CN(S(=O)(=O)O)S(=O)(=O)O)OC. The van der Waals surface area contributed by atoms with Crippen molar-refractivity contribution in [2.75, 3.05) is 20.8 Å². The summed E-state index contributed by atoms with van der Waals surface area (Å²) in [6, 6.07) is 0. The fourth-order valence-electron chi connectivity index (χ4n) is 0.674. The van der Waals surface area contributed by atoms with Gasteiger partial charge in [-0.25, -0.2) is 0 Å². The summed E-state index contributed by atoms with van der Waals surface area (Å²) in [5, 5.41) is 0. The van der Waals surface area contributed by atoms with Crippen LogP contribution < -0.4 is 0 Å². The van der Waals surface area contributed by atoms with Gasteiger partial charge in [0.15, 0.2) is 6.29 Å². The molecule has 15 heavy (non-hydrogen) atoms. The Morgan fingerprint density at radius 3 is 1.60 bits per heavy atom. The van der Waals surface area contributed by atoms with Crippen molar-refractivity contribution >= 4 is 20.6 Å². The highest BCUT2D eigenvalue weighted by molar-refractivity contribution is 7.98. The van der Waals surface area contributed by atoms with E-state index in [4.69, 9.17) is 9.11 Å². The predicted molar refractivity (Wildman–Crippen MR) is 47.6 cm³/mol. The quantitative estimate of drug-likeness (QED) is 0.439. The van der Waals surface area contributed by atoms with E-state index in [1.165, 1.54) is 0 Å². The molecule has 2 N–H and O–H groups in total. The third-order valence-corrected chi connectivity index (χ3v) is 3.80. The van der Waals surface area contributed by atoms with Crippen molar-refractivity contribution in [1.82, 2.24) is 3.71 Å². The van der Waals surface area contributed by atoms with Crippen LogP contribution >= 0.6 is 0 Å². The Hall–Kier alpha value is -0.300. The summed E-state index contributed by atoms with van der Waals surface area (Å²) in [6.07, 6.45) is -1.24. The smallest absolute Gasteiger partial charge is 0.351 e. The first-order valence-corrected chi connectivity index (χ1v) is 6.20. The van der Waals surface area contributed by atoms with Crippen molar-refractivity contribution in [2.45, 2.75) is 6.29 Å². The molecule has 0 aromatic heterocycles. The first-order chi connectivity index (χ1) is 6.62. The van der Waals surface area contributed by atoms with Gasteiger partial charge in [-0.3, -0.25) is 9.11 Å². The van der Waals surface area contributed by atoms with E-state index in [1.54, 1.807) is 0 Å². The van der Waals surface area contributed by atoms with Crippen molar-refractivity contribution in [1.29, 1.82) is 0 Å². The molecule has 0 heterocycles. The molecule has 0 spiro atoms. The first-order valence-electron chi connectivity index (χ1n) is 3.41. The van der Waals surface area contributed by atoms with Gasteiger partial charge in [0.05, 0.1) is 6.54 Å². The fourth-order valence-corrected chi connectivity index (χ4v) is 2.25. The van der Waals surface area contributed by atoms with E-state index in [2.05, 4.69) is 9.47 Å². The fraction of sp³-hybridized carbons (Fsp3) is 1.00. The summed E-state index contributed by atoms with van der Waals surface area (Å²) >= 11 is 0. The summed E-state index contributed by atoms with van der Waals surface area (Å²) < 4.78 is 67.8. The third-order valence-electron chi connectivity index (χ3n) is 1.34. The summed E-state index contributed by atoms with van der Waals surface area (Å²) in [5.74, 6) is 0. The van der Waals surface area contributed by atoms with Crippen LogP contribution in [-0.2, 0) is 30.1 Å². The average molecular weight is 265 g/mol. The number of methoxy groups -OCH3 is 2. The van der Waals surface area contributed by atoms with Crippen molar-refractivity contribution in [3.05, 3.63) is 0 Å². The van der Waals surface area contributed by atoms with Crippen LogP contribution in [0.5, 0.6) is 0 Å². The number of rotatable bonds is 6. The molecule has 0 atom stereocenters. The molecule has 0 saturated heterocycles. The van der Waals surface area contributed by atoms with E-state index in [0.29, 0.717) is 0 Å². The molecule has 0 aliphatic carbocycles. The molecule has 0 rings (SSSR count). The van der Waals surface area contributed by atoms with Gasteiger partial charge in [0, 0.05) is 14.2 Å². The second kappa shape index (κ2) is 5.16. The van der Waals surface area contributed by atoms with Gasteiger partial charge in [0.1, 0.15) is 0 Å². The molecule has 92 valence electrons. The molecule has 0 aliphatic rings. The highest BCUT2D eigenvalue weighted by atomic mass is 32.3. The normalized spacial score (nSPS) is 13.7. The van der Waals surface area contributed by atoms with Crippen LogP contribution in [0.25, 0.3) is 0 Å². The number of nitrogens with zero attached hydrogens (tertiary/aromatic N) is 1. The number of hydrogen-bond acceptors (Lipinski definition) is 6. The maximum Gasteiger partial charge on any atom is 0.351 e. The van der Waals surface area contributed by atoms with Crippen LogP contribution in [0, 0.1) is 0 Å². The van der Waals surface area contributed by atoms with E-state index in [0.717, 1.165) is 14.2 Å². The predicted octanol–water partition coefficient (Wildman–Crippen LogP) is -1.49. The Labute approximate surface area is 87.3 Å². The van der Waals surface area contributed by atoms with E-state index in [-0.39, 0.29) is 0 Å². The molecule has 0 bridgehead atoms. The van der Waals surface area contributed by atoms with Gasteiger partial charge in [-0.2, -0.15) is 16.8 Å².